The first-order valence-electron chi connectivity index (χ1n) is 11.0. The molecule has 0 heterocycles. The lowest BCUT2D eigenvalue weighted by Gasteiger charge is -2.28. The Morgan fingerprint density at radius 2 is 1.87 bits per heavy atom. The summed E-state index contributed by atoms with van der Waals surface area (Å²) in [5.41, 5.74) is 0.159. The van der Waals surface area contributed by atoms with Crippen molar-refractivity contribution in [1.29, 1.82) is 0 Å². The number of nitrogens with one attached hydrogen (secondary N) is 2. The number of benzene rings is 1. The molecule has 0 spiro atoms. The predicted octanol–water partition coefficient (Wildman–Crippen LogP) is 4.16. The molecule has 2 aliphatic rings. The van der Waals surface area contributed by atoms with Crippen LogP contribution in [0.3, 0.4) is 0 Å². The minimum absolute atomic E-state index is 0.0891. The molecule has 2 saturated carbocycles. The van der Waals surface area contributed by atoms with Gasteiger partial charge in [-0.05, 0) is 57.0 Å². The summed E-state index contributed by atoms with van der Waals surface area (Å²) in [5, 5.41) is 7.15. The standard InChI is InChI=1S/C23H33Cl2N3O2/c1-28(2)13-12-26-21(29)20(14-16-6-4-3-5-7-16)27-22(30)23(10-11-23)18-9-8-17(24)15-19(18)25/h8-9,15-16,20H,3-7,10-14H2,1-2H3,(H,26,29)(H,27,30)/t20-/m0/s1. The first-order valence-corrected chi connectivity index (χ1v) is 11.8. The molecule has 3 rings (SSSR count). The van der Waals surface area contributed by atoms with Gasteiger partial charge in [0.1, 0.15) is 6.04 Å². The molecule has 1 atom stereocenters. The second kappa shape index (κ2) is 10.3. The van der Waals surface area contributed by atoms with E-state index in [0.717, 1.165) is 37.8 Å². The Labute approximate surface area is 189 Å². The molecule has 0 bridgehead atoms. The van der Waals surface area contributed by atoms with Gasteiger partial charge in [0, 0.05) is 23.1 Å². The van der Waals surface area contributed by atoms with Crippen molar-refractivity contribution in [1.82, 2.24) is 15.5 Å². The minimum Gasteiger partial charge on any atom is -0.353 e. The third-order valence-electron chi connectivity index (χ3n) is 6.41. The molecule has 166 valence electrons. The molecule has 2 fully saturated rings. The average molecular weight is 454 g/mol. The van der Waals surface area contributed by atoms with Gasteiger partial charge in [0.05, 0.1) is 5.41 Å². The van der Waals surface area contributed by atoms with E-state index < -0.39 is 11.5 Å². The summed E-state index contributed by atoms with van der Waals surface area (Å²) >= 11 is 12.4. The number of halogens is 2. The maximum absolute atomic E-state index is 13.3. The molecule has 2 N–H and O–H groups in total. The fraction of sp³-hybridized carbons (Fsp3) is 0.652. The number of rotatable bonds is 9. The summed E-state index contributed by atoms with van der Waals surface area (Å²) in [5.74, 6) is 0.294. The molecule has 5 nitrogen and oxygen atoms in total. The van der Waals surface area contributed by atoms with Crippen LogP contribution in [0.25, 0.3) is 0 Å². The molecule has 0 saturated heterocycles. The van der Waals surface area contributed by atoms with Crippen LogP contribution in [0, 0.1) is 5.92 Å². The molecule has 7 heteroatoms. The molecule has 0 unspecified atom stereocenters. The van der Waals surface area contributed by atoms with Crippen molar-refractivity contribution in [2.75, 3.05) is 27.2 Å². The largest absolute Gasteiger partial charge is 0.353 e. The van der Waals surface area contributed by atoms with Crippen LogP contribution in [-0.2, 0) is 15.0 Å². The highest BCUT2D eigenvalue weighted by molar-refractivity contribution is 6.35. The molecule has 0 radical (unpaired) electrons. The van der Waals surface area contributed by atoms with Gasteiger partial charge in [-0.3, -0.25) is 9.59 Å². The lowest BCUT2D eigenvalue weighted by atomic mass is 9.84. The van der Waals surface area contributed by atoms with E-state index in [4.69, 9.17) is 23.2 Å². The van der Waals surface area contributed by atoms with Crippen molar-refractivity contribution in [2.24, 2.45) is 5.92 Å². The second-order valence-electron chi connectivity index (χ2n) is 9.07. The van der Waals surface area contributed by atoms with Crippen LogP contribution in [-0.4, -0.2) is 49.9 Å². The zero-order valence-electron chi connectivity index (χ0n) is 18.0. The van der Waals surface area contributed by atoms with Crippen LogP contribution in [0.5, 0.6) is 0 Å². The third-order valence-corrected chi connectivity index (χ3v) is 6.95. The maximum atomic E-state index is 13.3. The number of nitrogens with zero attached hydrogens (tertiary/aromatic N) is 1. The molecular formula is C23H33Cl2N3O2. The maximum Gasteiger partial charge on any atom is 0.242 e. The van der Waals surface area contributed by atoms with Crippen LogP contribution >= 0.6 is 23.2 Å². The van der Waals surface area contributed by atoms with Gasteiger partial charge in [-0.25, -0.2) is 0 Å². The van der Waals surface area contributed by atoms with E-state index in [9.17, 15) is 9.59 Å². The van der Waals surface area contributed by atoms with Crippen LogP contribution in [0.4, 0.5) is 0 Å². The van der Waals surface area contributed by atoms with Gasteiger partial charge in [-0.15, -0.1) is 0 Å². The summed E-state index contributed by atoms with van der Waals surface area (Å²) in [7, 11) is 3.94. The monoisotopic (exact) mass is 453 g/mol. The summed E-state index contributed by atoms with van der Waals surface area (Å²) in [6.45, 7) is 1.33. The number of carbonyl (C=O) groups excluding carboxylic acids is 2. The van der Waals surface area contributed by atoms with Gasteiger partial charge in [-0.1, -0.05) is 61.4 Å². The summed E-state index contributed by atoms with van der Waals surface area (Å²) in [6, 6.07) is 4.78. The van der Waals surface area contributed by atoms with Gasteiger partial charge in [0.2, 0.25) is 11.8 Å². The van der Waals surface area contributed by atoms with Crippen LogP contribution in [0.15, 0.2) is 18.2 Å². The highest BCUT2D eigenvalue weighted by atomic mass is 35.5. The van der Waals surface area contributed by atoms with Crippen molar-refractivity contribution in [2.45, 2.75) is 62.8 Å². The molecule has 2 aliphatic carbocycles. The zero-order valence-corrected chi connectivity index (χ0v) is 19.5. The lowest BCUT2D eigenvalue weighted by Crippen LogP contribution is -2.51. The van der Waals surface area contributed by atoms with E-state index in [1.165, 1.54) is 19.3 Å². The number of amides is 2. The van der Waals surface area contributed by atoms with Crippen molar-refractivity contribution < 1.29 is 9.59 Å². The van der Waals surface area contributed by atoms with E-state index >= 15 is 0 Å². The highest BCUT2D eigenvalue weighted by Crippen LogP contribution is 2.51. The van der Waals surface area contributed by atoms with E-state index in [1.807, 2.05) is 25.1 Å². The van der Waals surface area contributed by atoms with Crippen LogP contribution < -0.4 is 10.6 Å². The zero-order chi connectivity index (χ0) is 21.7. The smallest absolute Gasteiger partial charge is 0.242 e. The Kier molecular flexibility index (Phi) is 8.05. The second-order valence-corrected chi connectivity index (χ2v) is 9.91. The first kappa shape index (κ1) is 23.4. The molecule has 0 aliphatic heterocycles. The Balaban J connectivity index is 1.70. The van der Waals surface area contributed by atoms with Crippen molar-refractivity contribution in [3.8, 4) is 0 Å². The Morgan fingerprint density at radius 1 is 1.17 bits per heavy atom. The van der Waals surface area contributed by atoms with Gasteiger partial charge in [0.15, 0.2) is 0 Å². The molecule has 1 aromatic carbocycles. The van der Waals surface area contributed by atoms with Crippen molar-refractivity contribution in [3.63, 3.8) is 0 Å². The molecule has 30 heavy (non-hydrogen) atoms. The quantitative estimate of drug-likeness (QED) is 0.589. The molecule has 1 aromatic rings. The number of carbonyl (C=O) groups is 2. The van der Waals surface area contributed by atoms with Crippen molar-refractivity contribution >= 4 is 35.0 Å². The number of likely N-dealkylation sites (N-methyl/N-ethyl adjacent to an activating group) is 1. The lowest BCUT2D eigenvalue weighted by molar-refractivity contribution is -0.130. The fourth-order valence-electron chi connectivity index (χ4n) is 4.43. The third kappa shape index (κ3) is 5.89. The first-order chi connectivity index (χ1) is 14.3. The van der Waals surface area contributed by atoms with E-state index in [2.05, 4.69) is 10.6 Å². The summed E-state index contributed by atoms with van der Waals surface area (Å²) < 4.78 is 0. The molecule has 0 aromatic heterocycles. The summed E-state index contributed by atoms with van der Waals surface area (Å²) in [4.78, 5) is 28.3. The van der Waals surface area contributed by atoms with E-state index in [0.29, 0.717) is 28.9 Å². The van der Waals surface area contributed by atoms with Gasteiger partial charge >= 0.3 is 0 Å². The normalized spacial score (nSPS) is 19.4. The summed E-state index contributed by atoms with van der Waals surface area (Å²) in [6.07, 6.45) is 8.11. The predicted molar refractivity (Wildman–Crippen MR) is 122 cm³/mol. The SMILES string of the molecule is CN(C)CCNC(=O)[C@H](CC1CCCCC1)NC(=O)C1(c2ccc(Cl)cc2Cl)CC1. The van der Waals surface area contributed by atoms with Gasteiger partial charge < -0.3 is 15.5 Å². The van der Waals surface area contributed by atoms with Crippen molar-refractivity contribution in [3.05, 3.63) is 33.8 Å². The fourth-order valence-corrected chi connectivity index (χ4v) is 5.02. The topological polar surface area (TPSA) is 61.4 Å². The van der Waals surface area contributed by atoms with Crippen LogP contribution in [0.2, 0.25) is 10.0 Å². The number of hydrogen-bond acceptors (Lipinski definition) is 3. The molecule has 2 amide bonds. The highest BCUT2D eigenvalue weighted by Gasteiger charge is 2.53. The van der Waals surface area contributed by atoms with Gasteiger partial charge in [0.25, 0.3) is 0 Å². The Morgan fingerprint density at radius 3 is 2.47 bits per heavy atom. The molecular weight excluding hydrogens is 421 g/mol. The Hall–Kier alpha value is -1.30. The average Bonchev–Trinajstić information content (AvgIpc) is 3.49. The Bertz CT molecular complexity index is 759. The van der Waals surface area contributed by atoms with Crippen LogP contribution in [0.1, 0.15) is 56.9 Å². The minimum atomic E-state index is -0.642. The van der Waals surface area contributed by atoms with E-state index in [-0.39, 0.29) is 11.8 Å². The number of hydrogen-bond donors (Lipinski definition) is 2. The van der Waals surface area contributed by atoms with Gasteiger partial charge in [-0.2, -0.15) is 0 Å². The van der Waals surface area contributed by atoms with E-state index in [1.54, 1.807) is 12.1 Å².